The second-order valence-corrected chi connectivity index (χ2v) is 6.61. The summed E-state index contributed by atoms with van der Waals surface area (Å²) < 4.78 is 3.18. The summed E-state index contributed by atoms with van der Waals surface area (Å²) in [6.45, 7) is 6.59. The average molecular weight is 345 g/mol. The third-order valence-corrected chi connectivity index (χ3v) is 4.60. The molecule has 2 aromatic heterocycles. The Morgan fingerprint density at radius 3 is 2.62 bits per heavy atom. The van der Waals surface area contributed by atoms with Gasteiger partial charge in [0.15, 0.2) is 11.2 Å². The zero-order valence-corrected chi connectivity index (χ0v) is 15.0. The molecule has 0 N–H and O–H groups in total. The minimum atomic E-state index is -0.188. The Morgan fingerprint density at radius 1 is 1.00 bits per heavy atom. The first kappa shape index (κ1) is 16.2. The summed E-state index contributed by atoms with van der Waals surface area (Å²) in [7, 11) is 0. The van der Waals surface area contributed by atoms with E-state index in [2.05, 4.69) is 28.3 Å². The van der Waals surface area contributed by atoms with Crippen LogP contribution < -0.4 is 5.56 Å². The number of nitrogens with zero attached hydrogens (tertiary/aromatic N) is 5. The minimum absolute atomic E-state index is 0.188. The molecule has 0 spiro atoms. The predicted octanol–water partition coefficient (Wildman–Crippen LogP) is 2.95. The lowest BCUT2D eigenvalue weighted by Crippen LogP contribution is -2.21. The minimum Gasteiger partial charge on any atom is -0.293 e. The van der Waals surface area contributed by atoms with Crippen LogP contribution in [0.25, 0.3) is 16.9 Å². The van der Waals surface area contributed by atoms with Crippen molar-refractivity contribution in [3.63, 3.8) is 0 Å². The molecule has 0 unspecified atom stereocenters. The van der Waals surface area contributed by atoms with Gasteiger partial charge in [-0.15, -0.1) is 5.10 Å². The van der Waals surface area contributed by atoms with Crippen LogP contribution in [0, 0.1) is 20.8 Å². The van der Waals surface area contributed by atoms with Crippen LogP contribution in [0.1, 0.15) is 22.3 Å². The molecule has 6 nitrogen and oxygen atoms in total. The van der Waals surface area contributed by atoms with Crippen molar-refractivity contribution in [2.45, 2.75) is 27.3 Å². The van der Waals surface area contributed by atoms with Crippen LogP contribution in [0.15, 0.2) is 53.6 Å². The molecule has 130 valence electrons. The quantitative estimate of drug-likeness (QED) is 0.573. The maximum atomic E-state index is 12.8. The van der Waals surface area contributed by atoms with Gasteiger partial charge in [0.05, 0.1) is 12.2 Å². The lowest BCUT2D eigenvalue weighted by atomic mass is 10.1. The van der Waals surface area contributed by atoms with Crippen molar-refractivity contribution in [1.82, 2.24) is 24.5 Å². The van der Waals surface area contributed by atoms with E-state index in [4.69, 9.17) is 0 Å². The molecule has 6 heteroatoms. The van der Waals surface area contributed by atoms with E-state index < -0.39 is 0 Å². The third-order valence-electron chi connectivity index (χ3n) is 4.60. The average Bonchev–Trinajstić information content (AvgIpc) is 3.05. The van der Waals surface area contributed by atoms with E-state index in [1.54, 1.807) is 15.6 Å². The van der Waals surface area contributed by atoms with E-state index in [1.807, 2.05) is 50.2 Å². The van der Waals surface area contributed by atoms with Crippen molar-refractivity contribution < 1.29 is 0 Å². The normalized spacial score (nSPS) is 11.2. The Morgan fingerprint density at radius 2 is 1.85 bits per heavy atom. The van der Waals surface area contributed by atoms with E-state index in [1.165, 1.54) is 5.56 Å². The lowest BCUT2D eigenvalue weighted by Gasteiger charge is -2.07. The van der Waals surface area contributed by atoms with Crippen molar-refractivity contribution in [1.29, 1.82) is 0 Å². The molecular formula is C20H19N5O. The van der Waals surface area contributed by atoms with Gasteiger partial charge in [0, 0.05) is 0 Å². The highest BCUT2D eigenvalue weighted by Crippen LogP contribution is 2.16. The summed E-state index contributed by atoms with van der Waals surface area (Å²) in [5, 5.41) is 8.23. The van der Waals surface area contributed by atoms with Crippen LogP contribution in [0.4, 0.5) is 0 Å². The number of aryl methyl sites for hydroxylation is 3. The molecule has 2 heterocycles. The van der Waals surface area contributed by atoms with Crippen LogP contribution >= 0.6 is 0 Å². The van der Waals surface area contributed by atoms with E-state index in [0.717, 1.165) is 22.4 Å². The molecule has 0 radical (unpaired) electrons. The molecule has 0 saturated carbocycles. The summed E-state index contributed by atoms with van der Waals surface area (Å²) >= 11 is 0. The van der Waals surface area contributed by atoms with Gasteiger partial charge in [-0.05, 0) is 49.6 Å². The fraction of sp³-hybridized carbons (Fsp3) is 0.200. The zero-order valence-electron chi connectivity index (χ0n) is 15.0. The maximum Gasteiger partial charge on any atom is 0.283 e. The molecule has 0 aliphatic carbocycles. The lowest BCUT2D eigenvalue weighted by molar-refractivity contribution is 0.744. The Kier molecular flexibility index (Phi) is 3.88. The first-order chi connectivity index (χ1) is 12.5. The molecule has 0 amide bonds. The largest absolute Gasteiger partial charge is 0.293 e. The van der Waals surface area contributed by atoms with Gasteiger partial charge >= 0.3 is 0 Å². The van der Waals surface area contributed by atoms with Crippen molar-refractivity contribution in [2.75, 3.05) is 0 Å². The smallest absolute Gasteiger partial charge is 0.283 e. The molecule has 0 bridgehead atoms. The van der Waals surface area contributed by atoms with E-state index in [0.29, 0.717) is 12.2 Å². The summed E-state index contributed by atoms with van der Waals surface area (Å²) in [6.07, 6.45) is 1.56. The van der Waals surface area contributed by atoms with Crippen LogP contribution in [-0.4, -0.2) is 24.5 Å². The van der Waals surface area contributed by atoms with E-state index in [9.17, 15) is 4.79 Å². The molecule has 4 aromatic rings. The highest BCUT2D eigenvalue weighted by Gasteiger charge is 2.14. The molecule has 0 atom stereocenters. The van der Waals surface area contributed by atoms with Gasteiger partial charge in [-0.2, -0.15) is 4.68 Å². The number of benzene rings is 2. The van der Waals surface area contributed by atoms with Gasteiger partial charge in [-0.25, -0.2) is 4.98 Å². The Labute approximate surface area is 150 Å². The van der Waals surface area contributed by atoms with Gasteiger partial charge in [-0.1, -0.05) is 41.1 Å². The topological polar surface area (TPSA) is 65.6 Å². The fourth-order valence-corrected chi connectivity index (χ4v) is 3.00. The standard InChI is InChI=1S/C20H19N5O/c1-13-5-4-6-16(9-13)11-24-12-21-19-18(20(24)26)22-23-25(19)17-8-7-14(2)15(3)10-17/h4-10,12H,11H2,1-3H3. The number of hydrogen-bond donors (Lipinski definition) is 0. The van der Waals surface area contributed by atoms with E-state index in [-0.39, 0.29) is 11.1 Å². The van der Waals surface area contributed by atoms with Gasteiger partial charge in [-0.3, -0.25) is 9.36 Å². The maximum absolute atomic E-state index is 12.8. The van der Waals surface area contributed by atoms with Crippen molar-refractivity contribution >= 4 is 11.2 Å². The Bertz CT molecular complexity index is 1170. The molecule has 2 aromatic carbocycles. The molecule has 4 rings (SSSR count). The van der Waals surface area contributed by atoms with Crippen molar-refractivity contribution in [3.8, 4) is 5.69 Å². The highest BCUT2D eigenvalue weighted by atomic mass is 16.1. The molecule has 0 aliphatic heterocycles. The second-order valence-electron chi connectivity index (χ2n) is 6.61. The second kappa shape index (κ2) is 6.22. The van der Waals surface area contributed by atoms with E-state index >= 15 is 0 Å². The number of rotatable bonds is 3. The molecule has 26 heavy (non-hydrogen) atoms. The third kappa shape index (κ3) is 2.79. The molecule has 0 fully saturated rings. The number of fused-ring (bicyclic) bond motifs is 1. The Balaban J connectivity index is 1.78. The first-order valence-electron chi connectivity index (χ1n) is 8.47. The molecule has 0 saturated heterocycles. The molecule has 0 aliphatic rings. The summed E-state index contributed by atoms with van der Waals surface area (Å²) in [6, 6.07) is 14.1. The zero-order chi connectivity index (χ0) is 18.3. The van der Waals surface area contributed by atoms with Crippen LogP contribution in [0.2, 0.25) is 0 Å². The Hall–Kier alpha value is -3.28. The van der Waals surface area contributed by atoms with Crippen LogP contribution in [-0.2, 0) is 6.54 Å². The van der Waals surface area contributed by atoms with Crippen LogP contribution in [0.5, 0.6) is 0 Å². The van der Waals surface area contributed by atoms with Gasteiger partial charge in [0.2, 0.25) is 0 Å². The van der Waals surface area contributed by atoms with Crippen molar-refractivity contribution in [3.05, 3.63) is 81.4 Å². The van der Waals surface area contributed by atoms with Gasteiger partial charge < -0.3 is 0 Å². The van der Waals surface area contributed by atoms with Crippen molar-refractivity contribution in [2.24, 2.45) is 0 Å². The fourth-order valence-electron chi connectivity index (χ4n) is 3.00. The monoisotopic (exact) mass is 345 g/mol. The number of aromatic nitrogens is 5. The number of hydrogen-bond acceptors (Lipinski definition) is 4. The van der Waals surface area contributed by atoms with Gasteiger partial charge in [0.25, 0.3) is 5.56 Å². The van der Waals surface area contributed by atoms with Gasteiger partial charge in [0.1, 0.15) is 6.33 Å². The van der Waals surface area contributed by atoms with Crippen LogP contribution in [0.3, 0.4) is 0 Å². The summed E-state index contributed by atoms with van der Waals surface area (Å²) in [5.74, 6) is 0. The summed E-state index contributed by atoms with van der Waals surface area (Å²) in [4.78, 5) is 17.2. The predicted molar refractivity (Wildman–Crippen MR) is 101 cm³/mol. The summed E-state index contributed by atoms with van der Waals surface area (Å²) in [5.41, 5.74) is 5.97. The molecular weight excluding hydrogens is 326 g/mol. The first-order valence-corrected chi connectivity index (χ1v) is 8.47. The highest BCUT2D eigenvalue weighted by molar-refractivity contribution is 5.70. The SMILES string of the molecule is Cc1cccc(Cn2cnc3c(nnn3-c3ccc(C)c(C)c3)c2=O)c1.